The first-order valence-electron chi connectivity index (χ1n) is 14.5. The normalized spacial score (nSPS) is 20.9. The maximum absolute atomic E-state index is 6.55. The number of hydrazone groups is 1. The van der Waals surface area contributed by atoms with Crippen LogP contribution in [0.3, 0.4) is 0 Å². The van der Waals surface area contributed by atoms with E-state index in [9.17, 15) is 0 Å². The van der Waals surface area contributed by atoms with Crippen LogP contribution in [0.2, 0.25) is 0 Å². The average Bonchev–Trinajstić information content (AvgIpc) is 3.33. The molecule has 216 valence electrons. The quantitative estimate of drug-likeness (QED) is 0.260. The first kappa shape index (κ1) is 28.1. The van der Waals surface area contributed by atoms with E-state index in [-0.39, 0.29) is 23.2 Å². The molecule has 1 fully saturated rings. The fraction of sp³-hybridized carbons (Fsp3) is 0.314. The summed E-state index contributed by atoms with van der Waals surface area (Å²) in [5, 5.41) is 10.6. The van der Waals surface area contributed by atoms with Crippen LogP contribution < -0.4 is 5.32 Å². The number of nitrogens with zero attached hydrogens (tertiary/aromatic N) is 3. The van der Waals surface area contributed by atoms with E-state index in [1.54, 1.807) is 6.08 Å². The van der Waals surface area contributed by atoms with Gasteiger partial charge in [-0.3, -0.25) is 4.99 Å². The third kappa shape index (κ3) is 5.82. The lowest BCUT2D eigenvalue weighted by molar-refractivity contribution is 0.0220. The number of aliphatic imine (C=N–C) groups is 1. The van der Waals surface area contributed by atoms with Crippen molar-refractivity contribution in [3.63, 3.8) is 0 Å². The molecule has 2 unspecified atom stereocenters. The van der Waals surface area contributed by atoms with Gasteiger partial charge in [0.15, 0.2) is 22.6 Å². The summed E-state index contributed by atoms with van der Waals surface area (Å²) >= 11 is 6.55. The van der Waals surface area contributed by atoms with Crippen molar-refractivity contribution >= 4 is 22.6 Å². The van der Waals surface area contributed by atoms with Crippen molar-refractivity contribution in [1.82, 2.24) is 10.3 Å². The van der Waals surface area contributed by atoms with E-state index in [4.69, 9.17) is 31.2 Å². The molecule has 2 heterocycles. The molecule has 3 aliphatic rings. The van der Waals surface area contributed by atoms with Gasteiger partial charge in [-0.25, -0.2) is 5.01 Å². The molecule has 0 spiro atoms. The molecule has 7 heteroatoms. The van der Waals surface area contributed by atoms with E-state index in [1.807, 2.05) is 74.3 Å². The Morgan fingerprint density at radius 3 is 2.26 bits per heavy atom. The Morgan fingerprint density at radius 2 is 1.64 bits per heavy atom. The summed E-state index contributed by atoms with van der Waals surface area (Å²) in [6.45, 7) is 10.7. The maximum Gasteiger partial charge on any atom is 0.188 e. The van der Waals surface area contributed by atoms with E-state index < -0.39 is 0 Å². The fourth-order valence-electron chi connectivity index (χ4n) is 5.87. The van der Waals surface area contributed by atoms with Crippen molar-refractivity contribution in [2.75, 3.05) is 0 Å². The molecule has 0 radical (unpaired) electrons. The zero-order valence-electron chi connectivity index (χ0n) is 24.4. The summed E-state index contributed by atoms with van der Waals surface area (Å²) in [5.41, 5.74) is 4.03. The van der Waals surface area contributed by atoms with Gasteiger partial charge < -0.3 is 14.8 Å². The van der Waals surface area contributed by atoms with Crippen molar-refractivity contribution in [2.45, 2.75) is 69.9 Å². The minimum Gasteiger partial charge on any atom is -0.485 e. The predicted molar refractivity (Wildman–Crippen MR) is 169 cm³/mol. The molecule has 0 amide bonds. The molecule has 0 aromatic heterocycles. The first-order valence-corrected chi connectivity index (χ1v) is 14.9. The van der Waals surface area contributed by atoms with E-state index >= 15 is 0 Å². The molecular weight excluding hydrogens is 544 g/mol. The van der Waals surface area contributed by atoms with Crippen LogP contribution in [0.25, 0.3) is 0 Å². The molecule has 1 saturated carbocycles. The zero-order chi connectivity index (χ0) is 29.3. The fourth-order valence-corrected chi connectivity index (χ4v) is 6.05. The molecule has 6 nitrogen and oxygen atoms in total. The number of halogens is 1. The molecule has 2 atom stereocenters. The van der Waals surface area contributed by atoms with E-state index in [0.717, 1.165) is 36.0 Å². The highest BCUT2D eigenvalue weighted by atomic mass is 35.5. The Hall–Kier alpha value is -4.03. The van der Waals surface area contributed by atoms with Gasteiger partial charge in [0.05, 0.1) is 5.54 Å². The predicted octanol–water partition coefficient (Wildman–Crippen LogP) is 8.10. The number of allylic oxidation sites excluding steroid dienone is 1. The number of benzene rings is 3. The lowest BCUT2D eigenvalue weighted by Gasteiger charge is -2.44. The van der Waals surface area contributed by atoms with Crippen LogP contribution in [0.5, 0.6) is 0 Å². The number of hydrogen-bond acceptors (Lipinski definition) is 6. The second kappa shape index (κ2) is 11.3. The van der Waals surface area contributed by atoms with E-state index in [0.29, 0.717) is 29.3 Å². The van der Waals surface area contributed by atoms with Crippen LogP contribution >= 0.6 is 11.6 Å². The largest absolute Gasteiger partial charge is 0.485 e. The Bertz CT molecular complexity index is 1520. The highest BCUT2D eigenvalue weighted by molar-refractivity contribution is 6.68. The molecule has 6 rings (SSSR count). The topological polar surface area (TPSA) is 58.5 Å². The van der Waals surface area contributed by atoms with Gasteiger partial charge >= 0.3 is 0 Å². The van der Waals surface area contributed by atoms with Crippen molar-refractivity contribution in [1.29, 1.82) is 0 Å². The highest BCUT2D eigenvalue weighted by Crippen LogP contribution is 2.47. The Morgan fingerprint density at radius 1 is 0.976 bits per heavy atom. The molecule has 1 aliphatic carbocycles. The van der Waals surface area contributed by atoms with Crippen LogP contribution in [-0.2, 0) is 21.6 Å². The van der Waals surface area contributed by atoms with Gasteiger partial charge in [-0.15, -0.1) is 0 Å². The van der Waals surface area contributed by atoms with Crippen molar-refractivity contribution < 1.29 is 9.47 Å². The molecular formula is C35H37ClN4O2. The molecule has 2 aliphatic heterocycles. The Kier molecular flexibility index (Phi) is 7.58. The van der Waals surface area contributed by atoms with Gasteiger partial charge in [-0.05, 0) is 68.9 Å². The second-order valence-corrected chi connectivity index (χ2v) is 12.5. The van der Waals surface area contributed by atoms with Gasteiger partial charge in [-0.1, -0.05) is 96.5 Å². The van der Waals surface area contributed by atoms with Gasteiger partial charge in [0.25, 0.3) is 0 Å². The smallest absolute Gasteiger partial charge is 0.188 e. The molecule has 1 N–H and O–H groups in total. The molecule has 42 heavy (non-hydrogen) atoms. The average molecular weight is 581 g/mol. The Balaban J connectivity index is 1.30. The van der Waals surface area contributed by atoms with Crippen LogP contribution in [0.15, 0.2) is 119 Å². The summed E-state index contributed by atoms with van der Waals surface area (Å²) < 4.78 is 12.3. The molecule has 0 saturated heterocycles. The number of rotatable bonds is 9. The second-order valence-electron chi connectivity index (χ2n) is 12.1. The van der Waals surface area contributed by atoms with Crippen LogP contribution in [0.4, 0.5) is 0 Å². The number of nitrogens with one attached hydrogen (secondary N) is 1. The third-order valence-electron chi connectivity index (χ3n) is 7.91. The van der Waals surface area contributed by atoms with Crippen molar-refractivity contribution in [2.24, 2.45) is 10.1 Å². The minimum absolute atomic E-state index is 0.166. The summed E-state index contributed by atoms with van der Waals surface area (Å²) in [6.07, 6.45) is 4.98. The molecule has 0 bridgehead atoms. The SMILES string of the molecule is C=C(NC1(c2ccc(C3N=C4C(OCc5ccccc5)=CC(Cl)=NN4C3c3ccccc3)cc2)CCC1)OC(C)(C)C. The van der Waals surface area contributed by atoms with Gasteiger partial charge in [0.1, 0.15) is 24.3 Å². The highest BCUT2D eigenvalue weighted by Gasteiger charge is 2.43. The molecule has 3 aromatic rings. The van der Waals surface area contributed by atoms with Crippen molar-refractivity contribution in [3.8, 4) is 0 Å². The molecule has 3 aromatic carbocycles. The lowest BCUT2D eigenvalue weighted by atomic mass is 9.71. The lowest BCUT2D eigenvalue weighted by Crippen LogP contribution is -2.48. The number of hydrogen-bond donors (Lipinski definition) is 1. The van der Waals surface area contributed by atoms with Gasteiger partial charge in [0.2, 0.25) is 0 Å². The summed E-state index contributed by atoms with van der Waals surface area (Å²) in [4.78, 5) is 5.21. The Labute approximate surface area is 253 Å². The van der Waals surface area contributed by atoms with E-state index in [1.165, 1.54) is 5.56 Å². The van der Waals surface area contributed by atoms with Crippen LogP contribution in [0.1, 0.15) is 74.4 Å². The summed E-state index contributed by atoms with van der Waals surface area (Å²) in [5.74, 6) is 1.92. The minimum atomic E-state index is -0.303. The van der Waals surface area contributed by atoms with Crippen molar-refractivity contribution in [3.05, 3.63) is 131 Å². The standard InChI is InChI=1S/C35H37ClN4O2/c1-24(42-34(2,3)4)38-35(20-11-21-35)28-18-16-26(17-19-28)31-32(27-14-9-6-10-15-27)40-33(37-31)29(22-30(36)39-40)41-23-25-12-7-5-8-13-25/h5-10,12-19,22,31-32,38H,1,11,20-21,23H2,2-4H3. The summed E-state index contributed by atoms with van der Waals surface area (Å²) in [6, 6.07) is 28.9. The van der Waals surface area contributed by atoms with Gasteiger partial charge in [-0.2, -0.15) is 5.10 Å². The zero-order valence-corrected chi connectivity index (χ0v) is 25.1. The number of fused-ring (bicyclic) bond motifs is 1. The number of ether oxygens (including phenoxy) is 2. The maximum atomic E-state index is 6.55. The van der Waals surface area contributed by atoms with E-state index in [2.05, 4.69) is 48.3 Å². The summed E-state index contributed by atoms with van der Waals surface area (Å²) in [7, 11) is 0. The van der Waals surface area contributed by atoms with Gasteiger partial charge in [0, 0.05) is 6.08 Å². The first-order chi connectivity index (χ1) is 20.2. The van der Waals surface area contributed by atoms with Crippen LogP contribution in [-0.4, -0.2) is 21.6 Å². The monoisotopic (exact) mass is 580 g/mol. The third-order valence-corrected chi connectivity index (χ3v) is 8.10. The van der Waals surface area contributed by atoms with Crippen LogP contribution in [0, 0.1) is 0 Å². The number of amidine groups is 1.